The maximum absolute atomic E-state index is 12.0. The Balaban J connectivity index is 2.55. The Hall–Kier alpha value is -1.79. The zero-order chi connectivity index (χ0) is 15.1. The van der Waals surface area contributed by atoms with E-state index in [0.717, 1.165) is 37.0 Å². The number of carboxylic acid groups (broad SMARTS) is 2. The minimum Gasteiger partial charge on any atom is -0.480 e. The van der Waals surface area contributed by atoms with Crippen molar-refractivity contribution >= 4 is 18.0 Å². The van der Waals surface area contributed by atoms with Crippen molar-refractivity contribution < 1.29 is 24.6 Å². The van der Waals surface area contributed by atoms with E-state index in [1.807, 2.05) is 0 Å². The number of rotatable bonds is 5. The summed E-state index contributed by atoms with van der Waals surface area (Å²) in [5, 5.41) is 20.2. The summed E-state index contributed by atoms with van der Waals surface area (Å²) < 4.78 is 0. The fourth-order valence-corrected chi connectivity index (χ4v) is 2.42. The van der Waals surface area contributed by atoms with Crippen LogP contribution in [-0.4, -0.2) is 52.2 Å². The molecule has 0 aromatic rings. The average Bonchev–Trinajstić information content (AvgIpc) is 2.52. The monoisotopic (exact) mass is 286 g/mol. The highest BCUT2D eigenvalue weighted by molar-refractivity contribution is 5.84. The number of carbonyl (C=O) groups is 3. The molecule has 0 bridgehead atoms. The van der Waals surface area contributed by atoms with Gasteiger partial charge in [-0.15, -0.1) is 0 Å². The second kappa shape index (κ2) is 7.72. The molecule has 3 N–H and O–H groups in total. The molecule has 0 aliphatic heterocycles. The first-order chi connectivity index (χ1) is 9.38. The number of hydrogen-bond donors (Lipinski definition) is 3. The van der Waals surface area contributed by atoms with Crippen molar-refractivity contribution in [3.63, 3.8) is 0 Å². The van der Waals surface area contributed by atoms with Gasteiger partial charge in [0.2, 0.25) is 0 Å². The zero-order valence-electron chi connectivity index (χ0n) is 11.7. The lowest BCUT2D eigenvalue weighted by Gasteiger charge is -2.23. The van der Waals surface area contributed by atoms with Crippen molar-refractivity contribution in [2.24, 2.45) is 5.92 Å². The normalized spacial score (nSPS) is 22.6. The molecule has 0 radical (unpaired) electrons. The third-order valence-corrected chi connectivity index (χ3v) is 3.52. The third kappa shape index (κ3) is 5.90. The van der Waals surface area contributed by atoms with Crippen LogP contribution < -0.4 is 5.32 Å². The Morgan fingerprint density at radius 1 is 1.05 bits per heavy atom. The smallest absolute Gasteiger partial charge is 0.323 e. The van der Waals surface area contributed by atoms with Crippen LogP contribution in [0.5, 0.6) is 0 Å². The van der Waals surface area contributed by atoms with E-state index in [0.29, 0.717) is 5.92 Å². The number of hydrogen-bond acceptors (Lipinski definition) is 3. The molecule has 20 heavy (non-hydrogen) atoms. The van der Waals surface area contributed by atoms with Crippen LogP contribution in [-0.2, 0) is 9.59 Å². The number of nitrogens with one attached hydrogen (secondary N) is 1. The van der Waals surface area contributed by atoms with Crippen LogP contribution in [0, 0.1) is 5.92 Å². The first-order valence-electron chi connectivity index (χ1n) is 6.87. The topological polar surface area (TPSA) is 107 Å². The molecule has 7 nitrogen and oxygen atoms in total. The minimum atomic E-state index is -1.23. The summed E-state index contributed by atoms with van der Waals surface area (Å²) >= 11 is 0. The highest BCUT2D eigenvalue weighted by Crippen LogP contribution is 2.22. The summed E-state index contributed by atoms with van der Waals surface area (Å²) in [5.41, 5.74) is 0. The predicted octanol–water partition coefficient (Wildman–Crippen LogP) is 1.14. The Kier molecular flexibility index (Phi) is 6.27. The summed E-state index contributed by atoms with van der Waals surface area (Å²) in [6, 6.07) is -0.619. The third-order valence-electron chi connectivity index (χ3n) is 3.52. The summed E-state index contributed by atoms with van der Waals surface area (Å²) in [4.78, 5) is 34.1. The molecule has 0 aromatic carbocycles. The van der Waals surface area contributed by atoms with Crippen LogP contribution in [0.2, 0.25) is 0 Å². The molecule has 0 spiro atoms. The predicted molar refractivity (Wildman–Crippen MR) is 71.4 cm³/mol. The molecule has 0 saturated heterocycles. The van der Waals surface area contributed by atoms with Crippen LogP contribution in [0.1, 0.15) is 39.0 Å². The Morgan fingerprint density at radius 3 is 2.20 bits per heavy atom. The quantitative estimate of drug-likeness (QED) is 0.657. The molecule has 7 heteroatoms. The van der Waals surface area contributed by atoms with Crippen molar-refractivity contribution in [2.45, 2.75) is 45.1 Å². The highest BCUT2D eigenvalue weighted by atomic mass is 16.4. The van der Waals surface area contributed by atoms with Crippen LogP contribution in [0.4, 0.5) is 4.79 Å². The number of carbonyl (C=O) groups excluding carboxylic acids is 1. The lowest BCUT2D eigenvalue weighted by atomic mass is 10.0. The number of amides is 2. The molecule has 1 rings (SSSR count). The van der Waals surface area contributed by atoms with Crippen molar-refractivity contribution in [1.82, 2.24) is 10.2 Å². The lowest BCUT2D eigenvalue weighted by Crippen LogP contribution is -2.48. The molecule has 0 aromatic heterocycles. The van der Waals surface area contributed by atoms with E-state index in [9.17, 15) is 14.4 Å². The number of carboxylic acids is 2. The molecule has 1 fully saturated rings. The number of nitrogens with zero attached hydrogens (tertiary/aromatic N) is 1. The van der Waals surface area contributed by atoms with Gasteiger partial charge in [-0.2, -0.15) is 0 Å². The molecular weight excluding hydrogens is 264 g/mol. The van der Waals surface area contributed by atoms with Gasteiger partial charge < -0.3 is 20.4 Å². The van der Waals surface area contributed by atoms with Gasteiger partial charge in [-0.25, -0.2) is 4.79 Å². The van der Waals surface area contributed by atoms with E-state index >= 15 is 0 Å². The Labute approximate surface area is 117 Å². The zero-order valence-corrected chi connectivity index (χ0v) is 11.7. The van der Waals surface area contributed by atoms with Crippen LogP contribution in [0.15, 0.2) is 0 Å². The Bertz CT molecular complexity index is 356. The van der Waals surface area contributed by atoms with Crippen molar-refractivity contribution in [3.05, 3.63) is 0 Å². The van der Waals surface area contributed by atoms with Crippen LogP contribution in [0.25, 0.3) is 0 Å². The summed E-state index contributed by atoms with van der Waals surface area (Å²) in [5.74, 6) is -1.82. The van der Waals surface area contributed by atoms with Gasteiger partial charge in [0, 0.05) is 6.04 Å². The minimum absolute atomic E-state index is 0.00228. The van der Waals surface area contributed by atoms with E-state index in [2.05, 4.69) is 12.2 Å². The molecule has 2 unspecified atom stereocenters. The largest absolute Gasteiger partial charge is 0.480 e. The molecule has 0 heterocycles. The van der Waals surface area contributed by atoms with Gasteiger partial charge in [-0.1, -0.05) is 19.8 Å². The van der Waals surface area contributed by atoms with Gasteiger partial charge >= 0.3 is 18.0 Å². The van der Waals surface area contributed by atoms with E-state index < -0.39 is 31.1 Å². The van der Waals surface area contributed by atoms with Gasteiger partial charge in [0.15, 0.2) is 0 Å². The average molecular weight is 286 g/mol. The van der Waals surface area contributed by atoms with Gasteiger partial charge in [-0.3, -0.25) is 9.59 Å². The summed E-state index contributed by atoms with van der Waals surface area (Å²) in [7, 11) is 0. The fourth-order valence-electron chi connectivity index (χ4n) is 2.42. The van der Waals surface area contributed by atoms with Crippen LogP contribution in [0.3, 0.4) is 0 Å². The maximum Gasteiger partial charge on any atom is 0.323 e. The van der Waals surface area contributed by atoms with Crippen molar-refractivity contribution in [1.29, 1.82) is 0 Å². The van der Waals surface area contributed by atoms with Gasteiger partial charge in [-0.05, 0) is 25.2 Å². The standard InChI is InChI=1S/C13H22N2O5/c1-9-3-2-4-10(6-5-9)14-13(20)15(7-11(16)17)8-12(18)19/h9-10H,2-8H2,1H3,(H,14,20)(H,16,17)(H,18,19). The molecule has 1 aliphatic rings. The second-order valence-electron chi connectivity index (χ2n) is 5.40. The lowest BCUT2D eigenvalue weighted by molar-refractivity contribution is -0.140. The van der Waals surface area contributed by atoms with E-state index in [1.54, 1.807) is 0 Å². The number of aliphatic carboxylic acids is 2. The van der Waals surface area contributed by atoms with Gasteiger partial charge in [0.25, 0.3) is 0 Å². The maximum atomic E-state index is 12.0. The number of urea groups is 1. The highest BCUT2D eigenvalue weighted by Gasteiger charge is 2.23. The SMILES string of the molecule is CC1CCCC(NC(=O)N(CC(=O)O)CC(=O)O)CC1. The van der Waals surface area contributed by atoms with Crippen molar-refractivity contribution in [2.75, 3.05) is 13.1 Å². The van der Waals surface area contributed by atoms with E-state index in [4.69, 9.17) is 10.2 Å². The van der Waals surface area contributed by atoms with Gasteiger partial charge in [0.05, 0.1) is 0 Å². The Morgan fingerprint density at radius 2 is 1.65 bits per heavy atom. The molecular formula is C13H22N2O5. The fraction of sp³-hybridized carbons (Fsp3) is 0.769. The molecule has 114 valence electrons. The van der Waals surface area contributed by atoms with E-state index in [1.165, 1.54) is 0 Å². The van der Waals surface area contributed by atoms with Gasteiger partial charge in [0.1, 0.15) is 13.1 Å². The summed E-state index contributed by atoms with van der Waals surface area (Å²) in [6.07, 6.45) is 4.86. The molecule has 2 atom stereocenters. The van der Waals surface area contributed by atoms with Crippen molar-refractivity contribution in [3.8, 4) is 0 Å². The summed E-state index contributed by atoms with van der Waals surface area (Å²) in [6.45, 7) is 0.952. The van der Waals surface area contributed by atoms with E-state index in [-0.39, 0.29) is 6.04 Å². The second-order valence-corrected chi connectivity index (χ2v) is 5.40. The first-order valence-corrected chi connectivity index (χ1v) is 6.87. The first kappa shape index (κ1) is 16.3. The molecule has 1 saturated carbocycles. The molecule has 2 amide bonds. The molecule has 1 aliphatic carbocycles. The van der Waals surface area contributed by atoms with Crippen LogP contribution >= 0.6 is 0 Å².